The number of thiazole rings is 2. The molecule has 4 fully saturated rings. The zero-order chi connectivity index (χ0) is 49.0. The second kappa shape index (κ2) is 16.6. The molecule has 3 spiro atoms. The Morgan fingerprint density at radius 1 is 0.623 bits per heavy atom. The number of fused-ring (bicyclic) bond motifs is 6. The monoisotopic (exact) mass is 965 g/mol. The molecule has 6 aliphatic carbocycles. The van der Waals surface area contributed by atoms with Crippen molar-refractivity contribution in [2.45, 2.75) is 132 Å². The maximum Gasteiger partial charge on any atom is 0.495 e. The number of ketones is 3. The highest BCUT2D eigenvalue weighted by Gasteiger charge is 2.57. The van der Waals surface area contributed by atoms with Gasteiger partial charge in [0.1, 0.15) is 27.4 Å². The maximum atomic E-state index is 12.7. The number of hydrogen-bond acceptors (Lipinski definition) is 14. The molecule has 17 heteroatoms. The Kier molecular flexibility index (Phi) is 11.2. The lowest BCUT2D eigenvalue weighted by Gasteiger charge is -2.37. The summed E-state index contributed by atoms with van der Waals surface area (Å²) in [6, 6.07) is 10.2. The predicted molar refractivity (Wildman–Crippen MR) is 266 cm³/mol. The molecule has 2 aromatic heterocycles. The number of aromatic nitrogens is 2. The Balaban J connectivity index is 0.000000121. The van der Waals surface area contributed by atoms with Crippen LogP contribution in [0.4, 0.5) is 17.1 Å². The number of anilines is 1. The van der Waals surface area contributed by atoms with Crippen LogP contribution in [0.1, 0.15) is 140 Å². The summed E-state index contributed by atoms with van der Waals surface area (Å²) in [6.07, 6.45) is 12.8. The van der Waals surface area contributed by atoms with Gasteiger partial charge in [-0.25, -0.2) is 9.97 Å². The Morgan fingerprint density at radius 3 is 1.41 bits per heavy atom. The van der Waals surface area contributed by atoms with Gasteiger partial charge >= 0.3 is 7.12 Å². The molecular weight excluding hydrogens is 914 g/mol. The van der Waals surface area contributed by atoms with Gasteiger partial charge in [-0.2, -0.15) is 0 Å². The lowest BCUT2D eigenvalue weighted by atomic mass is 9.63. The third-order valence-corrected chi connectivity index (χ3v) is 18.2. The van der Waals surface area contributed by atoms with E-state index in [2.05, 4.69) is 23.1 Å². The molecule has 1 aliphatic heterocycles. The van der Waals surface area contributed by atoms with E-state index in [9.17, 15) is 34.6 Å². The molecule has 0 unspecified atom stereocenters. The van der Waals surface area contributed by atoms with Gasteiger partial charge < -0.3 is 15.0 Å². The number of rotatable bonds is 7. The maximum absolute atomic E-state index is 12.7. The van der Waals surface area contributed by atoms with Gasteiger partial charge in [0.2, 0.25) is 0 Å². The van der Waals surface area contributed by atoms with E-state index in [0.29, 0.717) is 47.3 Å². The quantitative estimate of drug-likeness (QED) is 0.0700. The average molecular weight is 966 g/mol. The van der Waals surface area contributed by atoms with E-state index in [1.54, 1.807) is 35.9 Å². The number of benzene rings is 3. The van der Waals surface area contributed by atoms with Gasteiger partial charge in [-0.05, 0) is 128 Å². The molecule has 0 bridgehead atoms. The summed E-state index contributed by atoms with van der Waals surface area (Å²) < 4.78 is 12.2. The average Bonchev–Trinajstić information content (AvgIpc) is 4.11. The van der Waals surface area contributed by atoms with Crippen LogP contribution in [0.25, 0.3) is 11.1 Å². The number of nitrogens with two attached hydrogens (primary N) is 1. The van der Waals surface area contributed by atoms with E-state index in [-0.39, 0.29) is 28.4 Å². The van der Waals surface area contributed by atoms with Crippen molar-refractivity contribution in [3.63, 3.8) is 0 Å². The van der Waals surface area contributed by atoms with Crippen LogP contribution in [0.2, 0.25) is 0 Å². The van der Waals surface area contributed by atoms with Crippen LogP contribution >= 0.6 is 22.7 Å². The topological polar surface area (TPSA) is 208 Å². The predicted octanol–water partition coefficient (Wildman–Crippen LogP) is 9.43. The highest BCUT2D eigenvalue weighted by atomic mass is 32.1. The number of nitrogens with zero attached hydrogens (tertiary/aromatic N) is 4. The summed E-state index contributed by atoms with van der Waals surface area (Å²) in [6.45, 7) is 16.1. The summed E-state index contributed by atoms with van der Waals surface area (Å²) in [5.74, 6) is 0.710. The Labute approximate surface area is 407 Å². The van der Waals surface area contributed by atoms with E-state index in [4.69, 9.17) is 15.0 Å². The fraction of sp³-hybridized carbons (Fsp3) is 0.404. The summed E-state index contributed by atoms with van der Waals surface area (Å²) in [5.41, 5.74) is 14.1. The first-order chi connectivity index (χ1) is 32.7. The van der Waals surface area contributed by atoms with Crippen molar-refractivity contribution in [3.8, 4) is 0 Å². The van der Waals surface area contributed by atoms with Crippen LogP contribution in [0, 0.1) is 20.2 Å². The van der Waals surface area contributed by atoms with E-state index in [0.717, 1.165) is 112 Å². The molecule has 0 atom stereocenters. The van der Waals surface area contributed by atoms with Crippen molar-refractivity contribution in [3.05, 3.63) is 147 Å². The fourth-order valence-electron chi connectivity index (χ4n) is 11.5. The zero-order valence-corrected chi connectivity index (χ0v) is 40.7. The van der Waals surface area contributed by atoms with Crippen LogP contribution in [0.3, 0.4) is 0 Å². The van der Waals surface area contributed by atoms with Crippen LogP contribution < -0.4 is 11.2 Å². The van der Waals surface area contributed by atoms with Gasteiger partial charge in [0.25, 0.3) is 11.4 Å². The summed E-state index contributed by atoms with van der Waals surface area (Å²) in [7, 11) is -0.693. The second-order valence-electron chi connectivity index (χ2n) is 20.5. The minimum absolute atomic E-state index is 0.00411. The molecule has 2 N–H and O–H groups in total. The van der Waals surface area contributed by atoms with Crippen molar-refractivity contribution in [1.29, 1.82) is 0 Å². The number of nitro benzene ring substituents is 2. The molecule has 354 valence electrons. The van der Waals surface area contributed by atoms with Gasteiger partial charge in [-0.15, -0.1) is 22.7 Å². The third kappa shape index (κ3) is 7.29. The summed E-state index contributed by atoms with van der Waals surface area (Å²) in [4.78, 5) is 68.4. The minimum Gasteiger partial charge on any atom is -0.399 e. The highest BCUT2D eigenvalue weighted by molar-refractivity contribution is 7.11. The number of non-ortho nitro benzene ring substituents is 2. The summed E-state index contributed by atoms with van der Waals surface area (Å²) in [5, 5.41) is 28.2. The first-order valence-corrected chi connectivity index (χ1v) is 25.2. The van der Waals surface area contributed by atoms with Gasteiger partial charge in [0, 0.05) is 83.5 Å². The van der Waals surface area contributed by atoms with Crippen LogP contribution in [-0.2, 0) is 59.2 Å². The Morgan fingerprint density at radius 2 is 1.01 bits per heavy atom. The Hall–Kier alpha value is -6.01. The van der Waals surface area contributed by atoms with Crippen molar-refractivity contribution >= 4 is 80.8 Å². The molecule has 14 nitrogen and oxygen atoms in total. The molecule has 0 amide bonds. The smallest absolute Gasteiger partial charge is 0.399 e. The third-order valence-electron chi connectivity index (χ3n) is 16.5. The van der Waals surface area contributed by atoms with Gasteiger partial charge in [0.15, 0.2) is 0 Å². The first kappa shape index (κ1) is 46.7. The normalized spacial score (nSPS) is 20.7. The Bertz CT molecular complexity index is 3040. The molecule has 1 saturated heterocycles. The minimum atomic E-state index is -0.693. The number of nitro groups is 2. The van der Waals surface area contributed by atoms with E-state index >= 15 is 0 Å². The molecule has 12 rings (SSSR count). The van der Waals surface area contributed by atoms with Crippen molar-refractivity contribution in [1.82, 2.24) is 9.97 Å². The number of Topliss-reactive ketones (excluding diaryl/α,β-unsaturated/α-hetero) is 3. The lowest BCUT2D eigenvalue weighted by Crippen LogP contribution is -2.41. The molecule has 7 aliphatic rings. The lowest BCUT2D eigenvalue weighted by molar-refractivity contribution is -0.385. The number of nitrogen functional groups attached to an aromatic ring is 1. The summed E-state index contributed by atoms with van der Waals surface area (Å²) >= 11 is 3.00. The first-order valence-electron chi connectivity index (χ1n) is 23.4. The zero-order valence-electron chi connectivity index (χ0n) is 39.1. The van der Waals surface area contributed by atoms with Crippen molar-refractivity contribution in [2.75, 3.05) is 5.73 Å². The molecule has 69 heavy (non-hydrogen) atoms. The molecule has 3 saturated carbocycles. The molecule has 3 aromatic carbocycles. The SMILES string of the molecule is C=C(c1nccs1)c1cc(N)cc2c1CC(=O)C21CCC1.C=C(c1nccs1)c1cc([N+](=O)[O-])cc2c1CC(=O)C21CCC1.CC1(C)OB(c2cc([N+](=O)[O-])cc3c2CC(=O)C32CCC2)OC1(C)C. The van der Waals surface area contributed by atoms with E-state index in [1.165, 1.54) is 23.5 Å². The highest BCUT2D eigenvalue weighted by Crippen LogP contribution is 2.55. The van der Waals surface area contributed by atoms with Crippen LogP contribution in [-0.4, -0.2) is 55.5 Å². The molecular formula is C52H52BN5O9S2. The number of carbonyl (C=O) groups is 3. The van der Waals surface area contributed by atoms with Gasteiger partial charge in [0.05, 0.1) is 37.3 Å². The molecule has 5 aromatic rings. The van der Waals surface area contributed by atoms with E-state index in [1.807, 2.05) is 50.6 Å². The largest absolute Gasteiger partial charge is 0.495 e. The van der Waals surface area contributed by atoms with Gasteiger partial charge in [-0.3, -0.25) is 34.6 Å². The molecule has 3 heterocycles. The van der Waals surface area contributed by atoms with Crippen molar-refractivity contribution < 1.29 is 33.5 Å². The van der Waals surface area contributed by atoms with Gasteiger partial charge in [-0.1, -0.05) is 32.4 Å². The van der Waals surface area contributed by atoms with Crippen molar-refractivity contribution in [2.24, 2.45) is 0 Å². The number of carbonyl (C=O) groups excluding carboxylic acids is 3. The van der Waals surface area contributed by atoms with E-state index < -0.39 is 39.0 Å². The molecule has 0 radical (unpaired) electrons. The standard InChI is InChI=1S/C18H22BNO5.C17H14N2O3S.C17H16N2OS/c1-16(2)17(3,4)25-19(24-16)14-9-11(20(22)23)8-13-12(14)10-15(21)18(13)6-5-7-18;1-10(16-18-5-6-23-16)12-7-11(19(21)22)8-14-13(12)9-15(20)17(14)3-2-4-17;1-10(16-19-5-6-21-16)12-7-11(18)8-14-13(12)9-15(20)17(14)3-2-4-17/h8-9H,5-7,10H2,1-4H3;5-8H,1-4,9H2;5-8H,1-4,9,18H2. The van der Waals surface area contributed by atoms with Crippen LogP contribution in [0.5, 0.6) is 0 Å². The fourth-order valence-corrected chi connectivity index (χ4v) is 12.7. The van der Waals surface area contributed by atoms with Crippen LogP contribution in [0.15, 0.2) is 72.7 Å². The second-order valence-corrected chi connectivity index (χ2v) is 22.3. The number of hydrogen-bond donors (Lipinski definition) is 1.